The van der Waals surface area contributed by atoms with E-state index in [2.05, 4.69) is 5.32 Å². The van der Waals surface area contributed by atoms with Crippen LogP contribution >= 0.6 is 0 Å². The quantitative estimate of drug-likeness (QED) is 0.839. The van der Waals surface area contributed by atoms with Gasteiger partial charge in [-0.2, -0.15) is 0 Å². The fourth-order valence-electron chi connectivity index (χ4n) is 1.78. The van der Waals surface area contributed by atoms with Crippen molar-refractivity contribution in [1.29, 1.82) is 0 Å². The van der Waals surface area contributed by atoms with Crippen molar-refractivity contribution in [3.63, 3.8) is 0 Å². The summed E-state index contributed by atoms with van der Waals surface area (Å²) in [6.45, 7) is -0.657. The van der Waals surface area contributed by atoms with Gasteiger partial charge in [0.05, 0.1) is 11.3 Å². The Labute approximate surface area is 139 Å². The molecule has 1 amide bonds. The van der Waals surface area contributed by atoms with Gasteiger partial charge in [0, 0.05) is 28.0 Å². The molecule has 0 bridgehead atoms. The number of amides is 1. The molecular formula is C16H13F2NO4S. The number of anilines is 1. The summed E-state index contributed by atoms with van der Waals surface area (Å²) in [5.74, 6) is -3.09. The Bertz CT molecular complexity index is 793. The summed E-state index contributed by atoms with van der Waals surface area (Å²) in [5.41, 5.74) is -0.167. The molecule has 0 aliphatic heterocycles. The van der Waals surface area contributed by atoms with E-state index in [4.69, 9.17) is 4.74 Å². The molecule has 1 N–H and O–H groups in total. The molecular weight excluding hydrogens is 340 g/mol. The third kappa shape index (κ3) is 4.69. The van der Waals surface area contributed by atoms with Crippen molar-refractivity contribution in [3.8, 4) is 0 Å². The molecule has 0 saturated heterocycles. The van der Waals surface area contributed by atoms with Crippen molar-refractivity contribution in [2.45, 2.75) is 4.90 Å². The summed E-state index contributed by atoms with van der Waals surface area (Å²) in [5, 5.41) is 2.11. The molecule has 5 nitrogen and oxygen atoms in total. The maximum absolute atomic E-state index is 13.4. The first-order valence-corrected chi connectivity index (χ1v) is 8.28. The Kier molecular flexibility index (Phi) is 5.75. The first kappa shape index (κ1) is 17.7. The fraction of sp³-hybridized carbons (Fsp3) is 0.125. The van der Waals surface area contributed by atoms with E-state index in [9.17, 15) is 22.6 Å². The third-order valence-corrected chi connectivity index (χ3v) is 3.89. The van der Waals surface area contributed by atoms with Gasteiger partial charge in [0.1, 0.15) is 11.6 Å². The number of benzene rings is 2. The second-order valence-electron chi connectivity index (χ2n) is 4.73. The number of carbonyl (C=O) groups excluding carboxylic acids is 2. The average Bonchev–Trinajstić information content (AvgIpc) is 2.56. The van der Waals surface area contributed by atoms with Crippen LogP contribution in [0.25, 0.3) is 0 Å². The van der Waals surface area contributed by atoms with E-state index < -0.39 is 40.9 Å². The van der Waals surface area contributed by atoms with Gasteiger partial charge >= 0.3 is 5.97 Å². The van der Waals surface area contributed by atoms with Crippen LogP contribution in [0.1, 0.15) is 10.4 Å². The second kappa shape index (κ2) is 7.78. The minimum Gasteiger partial charge on any atom is -0.452 e. The topological polar surface area (TPSA) is 72.5 Å². The van der Waals surface area contributed by atoms with Crippen LogP contribution in [-0.4, -0.2) is 28.9 Å². The Hall–Kier alpha value is -2.61. The zero-order valence-corrected chi connectivity index (χ0v) is 13.4. The second-order valence-corrected chi connectivity index (χ2v) is 6.11. The molecule has 0 aliphatic carbocycles. The average molecular weight is 353 g/mol. The van der Waals surface area contributed by atoms with Gasteiger partial charge < -0.3 is 10.1 Å². The van der Waals surface area contributed by atoms with Crippen molar-refractivity contribution in [2.24, 2.45) is 0 Å². The number of esters is 1. The van der Waals surface area contributed by atoms with E-state index >= 15 is 0 Å². The van der Waals surface area contributed by atoms with Gasteiger partial charge in [-0.3, -0.25) is 9.00 Å². The molecule has 0 radical (unpaired) electrons. The van der Waals surface area contributed by atoms with Gasteiger partial charge in [-0.15, -0.1) is 0 Å². The first-order valence-electron chi connectivity index (χ1n) is 6.72. The normalized spacial score (nSPS) is 11.6. The summed E-state index contributed by atoms with van der Waals surface area (Å²) < 4.78 is 42.4. The predicted molar refractivity (Wildman–Crippen MR) is 84.0 cm³/mol. The predicted octanol–water partition coefficient (Wildman–Crippen LogP) is 2.50. The Morgan fingerprint density at radius 1 is 1.12 bits per heavy atom. The molecule has 2 aromatic carbocycles. The minimum absolute atomic E-state index is 0.175. The molecule has 126 valence electrons. The van der Waals surface area contributed by atoms with Crippen LogP contribution in [0.15, 0.2) is 47.4 Å². The lowest BCUT2D eigenvalue weighted by atomic mass is 10.2. The lowest BCUT2D eigenvalue weighted by molar-refractivity contribution is -0.119. The van der Waals surface area contributed by atoms with Gasteiger partial charge in [-0.25, -0.2) is 13.6 Å². The zero-order valence-electron chi connectivity index (χ0n) is 12.5. The van der Waals surface area contributed by atoms with Crippen molar-refractivity contribution >= 4 is 28.4 Å². The van der Waals surface area contributed by atoms with E-state index in [0.29, 0.717) is 4.90 Å². The molecule has 1 atom stereocenters. The lowest BCUT2D eigenvalue weighted by Crippen LogP contribution is -2.21. The Balaban J connectivity index is 1.92. The Morgan fingerprint density at radius 2 is 1.79 bits per heavy atom. The maximum atomic E-state index is 13.4. The van der Waals surface area contributed by atoms with Crippen LogP contribution < -0.4 is 5.32 Å². The van der Waals surface area contributed by atoms with Crippen LogP contribution in [-0.2, 0) is 20.3 Å². The summed E-state index contributed by atoms with van der Waals surface area (Å²) in [4.78, 5) is 24.0. The van der Waals surface area contributed by atoms with Crippen LogP contribution in [0, 0.1) is 11.6 Å². The highest BCUT2D eigenvalue weighted by Gasteiger charge is 2.12. The molecule has 24 heavy (non-hydrogen) atoms. The van der Waals surface area contributed by atoms with Crippen LogP contribution in [0.2, 0.25) is 0 Å². The molecule has 0 aromatic heterocycles. The monoisotopic (exact) mass is 353 g/mol. The molecule has 0 fully saturated rings. The third-order valence-electron chi connectivity index (χ3n) is 2.96. The summed E-state index contributed by atoms with van der Waals surface area (Å²) in [6, 6.07) is 8.46. The van der Waals surface area contributed by atoms with Gasteiger partial charge in [0.15, 0.2) is 6.61 Å². The number of rotatable bonds is 5. The van der Waals surface area contributed by atoms with Crippen LogP contribution in [0.3, 0.4) is 0 Å². The first-order chi connectivity index (χ1) is 11.4. The van der Waals surface area contributed by atoms with Gasteiger partial charge in [0.2, 0.25) is 0 Å². The van der Waals surface area contributed by atoms with E-state index in [1.807, 2.05) is 0 Å². The van der Waals surface area contributed by atoms with Crippen LogP contribution in [0.4, 0.5) is 14.5 Å². The van der Waals surface area contributed by atoms with E-state index in [1.54, 1.807) is 0 Å². The lowest BCUT2D eigenvalue weighted by Gasteiger charge is -2.08. The number of halogens is 2. The molecule has 1 unspecified atom stereocenters. The molecule has 2 rings (SSSR count). The fourth-order valence-corrected chi connectivity index (χ4v) is 2.30. The Morgan fingerprint density at radius 3 is 2.42 bits per heavy atom. The summed E-state index contributed by atoms with van der Waals surface area (Å²) in [7, 11) is -1.17. The zero-order chi connectivity index (χ0) is 17.7. The maximum Gasteiger partial charge on any atom is 0.338 e. The highest BCUT2D eigenvalue weighted by atomic mass is 32.2. The van der Waals surface area contributed by atoms with Crippen molar-refractivity contribution in [1.82, 2.24) is 0 Å². The molecule has 8 heteroatoms. The van der Waals surface area contributed by atoms with Gasteiger partial charge in [-0.05, 0) is 36.4 Å². The van der Waals surface area contributed by atoms with Gasteiger partial charge in [0.25, 0.3) is 5.91 Å². The van der Waals surface area contributed by atoms with Crippen molar-refractivity contribution in [2.75, 3.05) is 18.2 Å². The van der Waals surface area contributed by atoms with Crippen molar-refractivity contribution < 1.29 is 27.3 Å². The molecule has 2 aromatic rings. The van der Waals surface area contributed by atoms with Crippen molar-refractivity contribution in [3.05, 3.63) is 59.7 Å². The summed E-state index contributed by atoms with van der Waals surface area (Å²) in [6.07, 6.45) is 1.50. The molecule has 0 saturated carbocycles. The highest BCUT2D eigenvalue weighted by molar-refractivity contribution is 7.84. The number of nitrogens with one attached hydrogen (secondary N) is 1. The standard InChI is InChI=1S/C16H13F2NO4S/c1-24(22)12-5-2-10(3-6-12)16(21)23-9-15(20)19-14-8-11(17)4-7-13(14)18/h2-8H,9H2,1H3,(H,19,20). The molecule has 0 aliphatic rings. The van der Waals surface area contributed by atoms with E-state index in [-0.39, 0.29) is 11.3 Å². The highest BCUT2D eigenvalue weighted by Crippen LogP contribution is 2.15. The van der Waals surface area contributed by atoms with E-state index in [1.165, 1.54) is 30.5 Å². The number of carbonyl (C=O) groups is 2. The number of ether oxygens (including phenoxy) is 1. The number of hydrogen-bond acceptors (Lipinski definition) is 4. The molecule has 0 spiro atoms. The van der Waals surface area contributed by atoms with Crippen LogP contribution in [0.5, 0.6) is 0 Å². The van der Waals surface area contributed by atoms with E-state index in [0.717, 1.165) is 18.2 Å². The summed E-state index contributed by atoms with van der Waals surface area (Å²) >= 11 is 0. The SMILES string of the molecule is CS(=O)c1ccc(C(=O)OCC(=O)Nc2cc(F)ccc2F)cc1. The number of hydrogen-bond donors (Lipinski definition) is 1. The molecule has 0 heterocycles. The largest absolute Gasteiger partial charge is 0.452 e. The minimum atomic E-state index is -1.17. The van der Waals surface area contributed by atoms with Gasteiger partial charge in [-0.1, -0.05) is 0 Å². The smallest absolute Gasteiger partial charge is 0.338 e.